The molecule has 0 saturated carbocycles. The molecule has 0 heteroatoms. The van der Waals surface area contributed by atoms with Gasteiger partial charge in [0, 0.05) is 0 Å². The Balaban J connectivity index is 2.75. The van der Waals surface area contributed by atoms with Crippen molar-refractivity contribution in [2.75, 3.05) is 0 Å². The SMILES string of the molecule is Cc1ccc2c(c1)=CC(C)C=CC=2. The summed E-state index contributed by atoms with van der Waals surface area (Å²) < 4.78 is 0. The van der Waals surface area contributed by atoms with Crippen molar-refractivity contribution in [3.63, 3.8) is 0 Å². The zero-order chi connectivity index (χ0) is 9.26. The van der Waals surface area contributed by atoms with E-state index in [-0.39, 0.29) is 0 Å². The molecule has 0 fully saturated rings. The molecule has 0 N–H and O–H groups in total. The van der Waals surface area contributed by atoms with E-state index in [1.165, 1.54) is 16.0 Å². The lowest BCUT2D eigenvalue weighted by Gasteiger charge is -1.96. The lowest BCUT2D eigenvalue weighted by Crippen LogP contribution is -2.24. The summed E-state index contributed by atoms with van der Waals surface area (Å²) in [5.74, 6) is 0.541. The standard InChI is InChI=1S/C13H14/c1-10-4-3-5-12-7-6-11(2)9-13(12)8-10/h3-10H,1-2H3. The van der Waals surface area contributed by atoms with Crippen LogP contribution in [0.2, 0.25) is 0 Å². The quantitative estimate of drug-likeness (QED) is 0.556. The number of hydrogen-bond donors (Lipinski definition) is 0. The van der Waals surface area contributed by atoms with Crippen molar-refractivity contribution in [2.45, 2.75) is 13.8 Å². The molecule has 1 aromatic carbocycles. The molecule has 0 spiro atoms. The highest BCUT2D eigenvalue weighted by Gasteiger charge is 1.94. The fourth-order valence-electron chi connectivity index (χ4n) is 1.66. The van der Waals surface area contributed by atoms with Gasteiger partial charge >= 0.3 is 0 Å². The Bertz CT molecular complexity index is 449. The van der Waals surface area contributed by atoms with Crippen LogP contribution < -0.4 is 10.4 Å². The average Bonchev–Trinajstić information content (AvgIpc) is 2.25. The third-order valence-corrected chi connectivity index (χ3v) is 2.38. The Morgan fingerprint density at radius 2 is 2.00 bits per heavy atom. The van der Waals surface area contributed by atoms with Gasteiger partial charge in [-0.05, 0) is 23.3 Å². The molecule has 2 rings (SSSR count). The molecular formula is C13H14. The molecule has 0 aliphatic heterocycles. The number of fused-ring (bicyclic) bond motifs is 1. The van der Waals surface area contributed by atoms with Crippen LogP contribution in [0.4, 0.5) is 0 Å². The Labute approximate surface area is 78.9 Å². The van der Waals surface area contributed by atoms with Gasteiger partial charge < -0.3 is 0 Å². The van der Waals surface area contributed by atoms with Crippen LogP contribution in [0.3, 0.4) is 0 Å². The van der Waals surface area contributed by atoms with Crippen molar-refractivity contribution in [2.24, 2.45) is 5.92 Å². The summed E-state index contributed by atoms with van der Waals surface area (Å²) in [7, 11) is 0. The van der Waals surface area contributed by atoms with Gasteiger partial charge in [0.15, 0.2) is 0 Å². The summed E-state index contributed by atoms with van der Waals surface area (Å²) in [6, 6.07) is 6.59. The second-order valence-corrected chi connectivity index (χ2v) is 3.71. The minimum Gasteiger partial charge on any atom is -0.0778 e. The van der Waals surface area contributed by atoms with Crippen molar-refractivity contribution in [3.8, 4) is 0 Å². The van der Waals surface area contributed by atoms with Crippen LogP contribution in [0.25, 0.3) is 12.2 Å². The predicted molar refractivity (Wildman–Crippen MR) is 57.7 cm³/mol. The van der Waals surface area contributed by atoms with E-state index in [1.54, 1.807) is 0 Å². The van der Waals surface area contributed by atoms with Crippen molar-refractivity contribution in [1.82, 2.24) is 0 Å². The number of aryl methyl sites for hydroxylation is 1. The van der Waals surface area contributed by atoms with E-state index in [0.717, 1.165) is 0 Å². The van der Waals surface area contributed by atoms with E-state index < -0.39 is 0 Å². The fraction of sp³-hybridized carbons (Fsp3) is 0.231. The Hall–Kier alpha value is -1.30. The van der Waals surface area contributed by atoms with Gasteiger partial charge in [-0.3, -0.25) is 0 Å². The van der Waals surface area contributed by atoms with Gasteiger partial charge in [0.2, 0.25) is 0 Å². The minimum atomic E-state index is 0.541. The number of allylic oxidation sites excluding steroid dienone is 2. The minimum absolute atomic E-state index is 0.541. The van der Waals surface area contributed by atoms with E-state index in [1.807, 2.05) is 0 Å². The summed E-state index contributed by atoms with van der Waals surface area (Å²) >= 11 is 0. The molecular weight excluding hydrogens is 156 g/mol. The largest absolute Gasteiger partial charge is 0.0778 e. The van der Waals surface area contributed by atoms with Crippen LogP contribution >= 0.6 is 0 Å². The maximum absolute atomic E-state index is 2.31. The Morgan fingerprint density at radius 3 is 2.85 bits per heavy atom. The van der Waals surface area contributed by atoms with Crippen molar-refractivity contribution in [3.05, 3.63) is 46.4 Å². The maximum atomic E-state index is 2.31. The highest BCUT2D eigenvalue weighted by Crippen LogP contribution is 2.00. The van der Waals surface area contributed by atoms with E-state index >= 15 is 0 Å². The second-order valence-electron chi connectivity index (χ2n) is 3.71. The van der Waals surface area contributed by atoms with Gasteiger partial charge in [0.25, 0.3) is 0 Å². The molecule has 0 amide bonds. The summed E-state index contributed by atoms with van der Waals surface area (Å²) in [6.07, 6.45) is 8.84. The highest BCUT2D eigenvalue weighted by molar-refractivity contribution is 5.46. The lowest BCUT2D eigenvalue weighted by molar-refractivity contribution is 0.998. The summed E-state index contributed by atoms with van der Waals surface area (Å²) in [6.45, 7) is 4.35. The van der Waals surface area contributed by atoms with E-state index in [0.29, 0.717) is 5.92 Å². The van der Waals surface area contributed by atoms with Crippen LogP contribution in [-0.2, 0) is 0 Å². The van der Waals surface area contributed by atoms with Crippen LogP contribution in [0.5, 0.6) is 0 Å². The van der Waals surface area contributed by atoms with E-state index in [9.17, 15) is 0 Å². The van der Waals surface area contributed by atoms with Crippen molar-refractivity contribution >= 4 is 12.2 Å². The van der Waals surface area contributed by atoms with Gasteiger partial charge in [-0.15, -0.1) is 0 Å². The third-order valence-electron chi connectivity index (χ3n) is 2.38. The summed E-state index contributed by atoms with van der Waals surface area (Å²) in [4.78, 5) is 0. The van der Waals surface area contributed by atoms with Gasteiger partial charge in [-0.2, -0.15) is 0 Å². The Kier molecular flexibility index (Phi) is 2.05. The summed E-state index contributed by atoms with van der Waals surface area (Å²) in [5.41, 5.74) is 1.33. The van der Waals surface area contributed by atoms with Crippen LogP contribution in [-0.4, -0.2) is 0 Å². The van der Waals surface area contributed by atoms with Crippen molar-refractivity contribution < 1.29 is 0 Å². The fourth-order valence-corrected chi connectivity index (χ4v) is 1.66. The monoisotopic (exact) mass is 170 g/mol. The normalized spacial score (nSPS) is 19.7. The molecule has 0 bridgehead atoms. The van der Waals surface area contributed by atoms with E-state index in [4.69, 9.17) is 0 Å². The highest BCUT2D eigenvalue weighted by atomic mass is 14.0. The average molecular weight is 170 g/mol. The molecule has 1 unspecified atom stereocenters. The first-order valence-corrected chi connectivity index (χ1v) is 4.73. The first-order chi connectivity index (χ1) is 6.25. The molecule has 1 atom stereocenters. The summed E-state index contributed by atoms with van der Waals surface area (Å²) in [5, 5.41) is 2.68. The van der Waals surface area contributed by atoms with Gasteiger partial charge in [-0.25, -0.2) is 0 Å². The van der Waals surface area contributed by atoms with Crippen LogP contribution in [0, 0.1) is 12.8 Å². The maximum Gasteiger partial charge on any atom is -0.00696 e. The molecule has 1 aromatic rings. The molecule has 1 aliphatic carbocycles. The van der Waals surface area contributed by atoms with Gasteiger partial charge in [0.05, 0.1) is 0 Å². The Morgan fingerprint density at radius 1 is 1.15 bits per heavy atom. The van der Waals surface area contributed by atoms with E-state index in [2.05, 4.69) is 56.4 Å². The van der Waals surface area contributed by atoms with Gasteiger partial charge in [-0.1, -0.05) is 55.0 Å². The molecule has 0 radical (unpaired) electrons. The first kappa shape index (κ1) is 8.31. The molecule has 0 saturated heterocycles. The molecule has 0 nitrogen and oxygen atoms in total. The molecule has 66 valence electrons. The van der Waals surface area contributed by atoms with Crippen LogP contribution in [0.1, 0.15) is 12.5 Å². The number of hydrogen-bond acceptors (Lipinski definition) is 0. The lowest BCUT2D eigenvalue weighted by atomic mass is 10.1. The molecule has 1 aliphatic rings. The predicted octanol–water partition coefficient (Wildman–Crippen LogP) is 1.76. The molecule has 0 aromatic heterocycles. The zero-order valence-corrected chi connectivity index (χ0v) is 8.12. The molecule has 0 heterocycles. The zero-order valence-electron chi connectivity index (χ0n) is 8.12. The smallest absolute Gasteiger partial charge is 0.00696 e. The first-order valence-electron chi connectivity index (χ1n) is 4.73. The van der Waals surface area contributed by atoms with Crippen LogP contribution in [0.15, 0.2) is 30.4 Å². The topological polar surface area (TPSA) is 0 Å². The van der Waals surface area contributed by atoms with Crippen molar-refractivity contribution in [1.29, 1.82) is 0 Å². The number of benzene rings is 1. The molecule has 13 heavy (non-hydrogen) atoms. The third kappa shape index (κ3) is 1.72. The number of rotatable bonds is 0. The second kappa shape index (κ2) is 3.21. The van der Waals surface area contributed by atoms with Gasteiger partial charge in [0.1, 0.15) is 0 Å².